The van der Waals surface area contributed by atoms with Crippen molar-refractivity contribution in [3.63, 3.8) is 0 Å². The quantitative estimate of drug-likeness (QED) is 0.740. The molecule has 1 aromatic heterocycles. The average molecular weight is 389 g/mol. The molecule has 0 saturated heterocycles. The molecule has 3 rings (SSSR count). The summed E-state index contributed by atoms with van der Waals surface area (Å²) in [5.41, 5.74) is 1.02. The highest BCUT2D eigenvalue weighted by molar-refractivity contribution is 5.88. The van der Waals surface area contributed by atoms with Crippen molar-refractivity contribution in [2.75, 3.05) is 13.7 Å². The maximum atomic E-state index is 14.0. The van der Waals surface area contributed by atoms with Crippen LogP contribution in [0, 0.1) is 5.95 Å². The molecule has 2 aromatic rings. The van der Waals surface area contributed by atoms with E-state index in [1.807, 2.05) is 7.05 Å². The molecule has 1 fully saturated rings. The van der Waals surface area contributed by atoms with Crippen molar-refractivity contribution < 1.29 is 19.0 Å². The van der Waals surface area contributed by atoms with Crippen LogP contribution in [0.15, 0.2) is 36.5 Å². The van der Waals surface area contributed by atoms with Gasteiger partial charge in [0, 0.05) is 5.56 Å². The number of rotatable bonds is 6. The van der Waals surface area contributed by atoms with Gasteiger partial charge in [-0.15, -0.1) is 24.8 Å². The van der Waals surface area contributed by atoms with Crippen LogP contribution in [0.4, 0.5) is 4.39 Å². The Labute approximate surface area is 157 Å². The minimum Gasteiger partial charge on any atom is -0.490 e. The normalized spacial score (nSPS) is 14.0. The highest BCUT2D eigenvalue weighted by Crippen LogP contribution is 2.35. The molecule has 136 valence electrons. The first-order valence-electron chi connectivity index (χ1n) is 7.34. The molecular formula is C17H19Cl2FN2O3. The van der Waals surface area contributed by atoms with E-state index in [1.54, 1.807) is 18.2 Å². The largest absolute Gasteiger partial charge is 0.490 e. The van der Waals surface area contributed by atoms with Gasteiger partial charge in [-0.25, -0.2) is 9.78 Å². The van der Waals surface area contributed by atoms with Crippen LogP contribution in [-0.2, 0) is 0 Å². The number of halogens is 3. The molecule has 0 aliphatic heterocycles. The summed E-state index contributed by atoms with van der Waals surface area (Å²) in [6.45, 7) is 0.508. The Balaban J connectivity index is 0.00000156. The Kier molecular flexibility index (Phi) is 7.17. The first-order valence-corrected chi connectivity index (χ1v) is 7.34. The number of carbonyl (C=O) groups is 1. The lowest BCUT2D eigenvalue weighted by atomic mass is 10.1. The zero-order valence-corrected chi connectivity index (χ0v) is 15.1. The number of aromatic nitrogens is 1. The van der Waals surface area contributed by atoms with Crippen molar-refractivity contribution in [3.8, 4) is 16.9 Å². The molecular weight excluding hydrogens is 370 g/mol. The van der Waals surface area contributed by atoms with Crippen LogP contribution in [0.2, 0.25) is 0 Å². The maximum absolute atomic E-state index is 14.0. The minimum absolute atomic E-state index is 0. The standard InChI is InChI=1S/C17H17FN2O3.2ClH/c1-19-17(6-7-17)10-23-13-8-14(15(18)20-9-13)11-2-4-12(5-3-11)16(21)22;;/h2-5,8-9,19H,6-7,10H2,1H3,(H,21,22);2*1H. The molecule has 1 aromatic carbocycles. The van der Waals surface area contributed by atoms with Gasteiger partial charge in [-0.05, 0) is 43.7 Å². The number of likely N-dealkylation sites (N-methyl/N-ethyl adjacent to an activating group) is 1. The zero-order valence-electron chi connectivity index (χ0n) is 13.5. The van der Waals surface area contributed by atoms with E-state index in [2.05, 4.69) is 10.3 Å². The van der Waals surface area contributed by atoms with E-state index in [0.717, 1.165) is 12.8 Å². The molecule has 5 nitrogen and oxygen atoms in total. The van der Waals surface area contributed by atoms with Gasteiger partial charge in [-0.3, -0.25) is 0 Å². The molecule has 1 aliphatic rings. The third kappa shape index (κ3) is 4.81. The Hall–Kier alpha value is -1.89. The second kappa shape index (κ2) is 8.47. The molecule has 0 unspecified atom stereocenters. The van der Waals surface area contributed by atoms with E-state index in [0.29, 0.717) is 17.9 Å². The highest BCUT2D eigenvalue weighted by atomic mass is 35.5. The van der Waals surface area contributed by atoms with Crippen LogP contribution in [0.25, 0.3) is 11.1 Å². The second-order valence-corrected chi connectivity index (χ2v) is 5.71. The van der Waals surface area contributed by atoms with E-state index in [9.17, 15) is 9.18 Å². The molecule has 25 heavy (non-hydrogen) atoms. The number of aromatic carboxylic acids is 1. The monoisotopic (exact) mass is 388 g/mol. The van der Waals surface area contributed by atoms with Crippen LogP contribution < -0.4 is 10.1 Å². The fourth-order valence-electron chi connectivity index (χ4n) is 2.34. The molecule has 0 radical (unpaired) electrons. The number of nitrogens with zero attached hydrogens (tertiary/aromatic N) is 1. The Bertz CT molecular complexity index is 737. The van der Waals surface area contributed by atoms with Crippen molar-refractivity contribution in [2.24, 2.45) is 0 Å². The van der Waals surface area contributed by atoms with Gasteiger partial charge >= 0.3 is 5.97 Å². The maximum Gasteiger partial charge on any atom is 0.335 e. The van der Waals surface area contributed by atoms with Crippen LogP contribution in [-0.4, -0.2) is 35.3 Å². The Morgan fingerprint density at radius 3 is 2.48 bits per heavy atom. The number of hydrogen-bond donors (Lipinski definition) is 2. The molecule has 8 heteroatoms. The van der Waals surface area contributed by atoms with Crippen LogP contribution in [0.3, 0.4) is 0 Å². The predicted octanol–water partition coefficient (Wildman–Crippen LogP) is 3.56. The Morgan fingerprint density at radius 2 is 1.96 bits per heavy atom. The van der Waals surface area contributed by atoms with E-state index in [-0.39, 0.29) is 41.5 Å². The summed E-state index contributed by atoms with van der Waals surface area (Å²) >= 11 is 0. The summed E-state index contributed by atoms with van der Waals surface area (Å²) in [5.74, 6) is -1.14. The smallest absolute Gasteiger partial charge is 0.335 e. The number of pyridine rings is 1. The van der Waals surface area contributed by atoms with Gasteiger partial charge in [0.15, 0.2) is 0 Å². The molecule has 2 N–H and O–H groups in total. The lowest BCUT2D eigenvalue weighted by molar-refractivity contribution is 0.0697. The van der Waals surface area contributed by atoms with Gasteiger partial charge in [0.2, 0.25) is 5.95 Å². The third-order valence-electron chi connectivity index (χ3n) is 4.16. The van der Waals surface area contributed by atoms with E-state index in [1.165, 1.54) is 18.3 Å². The SMILES string of the molecule is CNC1(COc2cnc(F)c(-c3ccc(C(=O)O)cc3)c2)CC1.Cl.Cl. The van der Waals surface area contributed by atoms with Crippen molar-refractivity contribution in [1.29, 1.82) is 0 Å². The average Bonchev–Trinajstić information content (AvgIpc) is 3.35. The summed E-state index contributed by atoms with van der Waals surface area (Å²) < 4.78 is 19.7. The number of hydrogen-bond acceptors (Lipinski definition) is 4. The van der Waals surface area contributed by atoms with Gasteiger partial charge in [0.1, 0.15) is 12.4 Å². The third-order valence-corrected chi connectivity index (χ3v) is 4.16. The van der Waals surface area contributed by atoms with Crippen molar-refractivity contribution in [3.05, 3.63) is 48.0 Å². The molecule has 1 saturated carbocycles. The number of carboxylic acid groups (broad SMARTS) is 1. The number of ether oxygens (including phenoxy) is 1. The number of benzene rings is 1. The first kappa shape index (κ1) is 21.2. The van der Waals surface area contributed by atoms with Gasteiger partial charge < -0.3 is 15.2 Å². The lowest BCUT2D eigenvalue weighted by Crippen LogP contribution is -2.33. The van der Waals surface area contributed by atoms with Crippen LogP contribution >= 0.6 is 24.8 Å². The number of carboxylic acids is 1. The summed E-state index contributed by atoms with van der Waals surface area (Å²) in [6.07, 6.45) is 3.47. The molecule has 1 heterocycles. The van der Waals surface area contributed by atoms with Crippen molar-refractivity contribution >= 4 is 30.8 Å². The fourth-order valence-corrected chi connectivity index (χ4v) is 2.34. The summed E-state index contributed by atoms with van der Waals surface area (Å²) in [6, 6.07) is 7.58. The van der Waals surface area contributed by atoms with Gasteiger partial charge in [-0.1, -0.05) is 12.1 Å². The molecule has 0 amide bonds. The summed E-state index contributed by atoms with van der Waals surface area (Å²) in [5, 5.41) is 12.1. The van der Waals surface area contributed by atoms with Crippen molar-refractivity contribution in [1.82, 2.24) is 10.3 Å². The second-order valence-electron chi connectivity index (χ2n) is 5.71. The van der Waals surface area contributed by atoms with Crippen molar-refractivity contribution in [2.45, 2.75) is 18.4 Å². The fraction of sp³-hybridized carbons (Fsp3) is 0.294. The highest BCUT2D eigenvalue weighted by Gasteiger charge is 2.41. The minimum atomic E-state index is -1.02. The van der Waals surface area contributed by atoms with Gasteiger partial charge in [-0.2, -0.15) is 4.39 Å². The Morgan fingerprint density at radius 1 is 1.32 bits per heavy atom. The van der Waals surface area contributed by atoms with E-state index < -0.39 is 11.9 Å². The molecule has 0 bridgehead atoms. The predicted molar refractivity (Wildman–Crippen MR) is 97.6 cm³/mol. The molecule has 0 spiro atoms. The number of nitrogens with one attached hydrogen (secondary N) is 1. The zero-order chi connectivity index (χ0) is 16.4. The van der Waals surface area contributed by atoms with Gasteiger partial charge in [0.05, 0.1) is 17.3 Å². The topological polar surface area (TPSA) is 71.5 Å². The first-order chi connectivity index (χ1) is 11.0. The molecule has 1 aliphatic carbocycles. The van der Waals surface area contributed by atoms with Crippen LogP contribution in [0.5, 0.6) is 5.75 Å². The van der Waals surface area contributed by atoms with E-state index in [4.69, 9.17) is 9.84 Å². The molecule has 0 atom stereocenters. The summed E-state index contributed by atoms with van der Waals surface area (Å²) in [7, 11) is 1.90. The summed E-state index contributed by atoms with van der Waals surface area (Å²) in [4.78, 5) is 14.6. The van der Waals surface area contributed by atoms with Gasteiger partial charge in [0.25, 0.3) is 0 Å². The van der Waals surface area contributed by atoms with Crippen LogP contribution in [0.1, 0.15) is 23.2 Å². The van der Waals surface area contributed by atoms with E-state index >= 15 is 0 Å². The lowest BCUT2D eigenvalue weighted by Gasteiger charge is -2.15.